The van der Waals surface area contributed by atoms with Crippen LogP contribution in [0, 0.1) is 0 Å². The Morgan fingerprint density at radius 1 is 1.69 bits per heavy atom. The number of hydrogen-bond acceptors (Lipinski definition) is 2. The van der Waals surface area contributed by atoms with Crippen LogP contribution in [-0.2, 0) is 6.54 Å². The third-order valence-electron chi connectivity index (χ3n) is 1.98. The maximum Gasteiger partial charge on any atom is 0.0948 e. The summed E-state index contributed by atoms with van der Waals surface area (Å²) in [6.45, 7) is 4.96. The summed E-state index contributed by atoms with van der Waals surface area (Å²) in [7, 11) is 0. The van der Waals surface area contributed by atoms with Gasteiger partial charge in [-0.05, 0) is 20.3 Å². The van der Waals surface area contributed by atoms with Crippen LogP contribution >= 0.6 is 0 Å². The van der Waals surface area contributed by atoms with E-state index in [1.165, 1.54) is 0 Å². The van der Waals surface area contributed by atoms with Gasteiger partial charge in [-0.2, -0.15) is 0 Å². The number of allylic oxidation sites excluding steroid dienone is 2. The Bertz CT molecular complexity index is 273. The predicted molar refractivity (Wildman–Crippen MR) is 54.3 cm³/mol. The first-order valence-electron chi connectivity index (χ1n) is 4.62. The maximum absolute atomic E-state index is 5.78. The van der Waals surface area contributed by atoms with Crippen molar-refractivity contribution < 1.29 is 0 Å². The lowest BCUT2D eigenvalue weighted by molar-refractivity contribution is 0.631. The Balaban J connectivity index is 2.60. The second kappa shape index (κ2) is 4.82. The second-order valence-corrected chi connectivity index (χ2v) is 3.16. The molecule has 0 unspecified atom stereocenters. The van der Waals surface area contributed by atoms with Gasteiger partial charge in [-0.3, -0.25) is 0 Å². The fraction of sp³-hybridized carbons (Fsp3) is 0.500. The summed E-state index contributed by atoms with van der Waals surface area (Å²) in [5, 5.41) is 0. The van der Waals surface area contributed by atoms with E-state index in [-0.39, 0.29) is 6.04 Å². The molecule has 0 aromatic carbocycles. The second-order valence-electron chi connectivity index (χ2n) is 3.16. The van der Waals surface area contributed by atoms with Crippen molar-refractivity contribution in [3.8, 4) is 0 Å². The van der Waals surface area contributed by atoms with Gasteiger partial charge in [0, 0.05) is 18.8 Å². The highest BCUT2D eigenvalue weighted by molar-refractivity contribution is 5.03. The van der Waals surface area contributed by atoms with Crippen molar-refractivity contribution >= 4 is 0 Å². The van der Waals surface area contributed by atoms with E-state index in [0.29, 0.717) is 0 Å². The quantitative estimate of drug-likeness (QED) is 0.717. The molecule has 0 spiro atoms. The van der Waals surface area contributed by atoms with E-state index in [2.05, 4.69) is 21.7 Å². The van der Waals surface area contributed by atoms with E-state index in [0.717, 1.165) is 18.7 Å². The van der Waals surface area contributed by atoms with Crippen molar-refractivity contribution in [3.63, 3.8) is 0 Å². The molecule has 1 aromatic heterocycles. The molecule has 0 fully saturated rings. The van der Waals surface area contributed by atoms with E-state index in [1.54, 1.807) is 0 Å². The molecule has 0 radical (unpaired) electrons. The molecular weight excluding hydrogens is 162 g/mol. The number of hydrogen-bond donors (Lipinski definition) is 1. The number of nitrogens with two attached hydrogens (primary N) is 1. The summed E-state index contributed by atoms with van der Waals surface area (Å²) in [4.78, 5) is 4.08. The third kappa shape index (κ3) is 2.70. The minimum Gasteiger partial charge on any atom is -0.333 e. The molecule has 1 heterocycles. The molecule has 1 atom stereocenters. The van der Waals surface area contributed by atoms with Crippen LogP contribution in [0.3, 0.4) is 0 Å². The fourth-order valence-electron chi connectivity index (χ4n) is 1.28. The molecule has 2 N–H and O–H groups in total. The van der Waals surface area contributed by atoms with Gasteiger partial charge >= 0.3 is 0 Å². The number of aromatic nitrogens is 2. The highest BCUT2D eigenvalue weighted by Crippen LogP contribution is 2.08. The molecule has 13 heavy (non-hydrogen) atoms. The molecule has 0 aliphatic carbocycles. The van der Waals surface area contributed by atoms with Crippen LogP contribution in [-0.4, -0.2) is 9.55 Å². The van der Waals surface area contributed by atoms with E-state index >= 15 is 0 Å². The van der Waals surface area contributed by atoms with Crippen LogP contribution < -0.4 is 5.73 Å². The van der Waals surface area contributed by atoms with Crippen LogP contribution in [0.5, 0.6) is 0 Å². The maximum atomic E-state index is 5.78. The van der Waals surface area contributed by atoms with Crippen LogP contribution in [0.2, 0.25) is 0 Å². The van der Waals surface area contributed by atoms with Crippen LogP contribution in [0.15, 0.2) is 24.7 Å². The first-order chi connectivity index (χ1) is 6.25. The molecule has 0 saturated heterocycles. The number of rotatable bonds is 4. The molecule has 1 rings (SSSR count). The zero-order valence-electron chi connectivity index (χ0n) is 8.27. The van der Waals surface area contributed by atoms with Crippen molar-refractivity contribution in [2.45, 2.75) is 32.9 Å². The summed E-state index contributed by atoms with van der Waals surface area (Å²) >= 11 is 0. The zero-order valence-corrected chi connectivity index (χ0v) is 8.27. The molecule has 0 aliphatic rings. The van der Waals surface area contributed by atoms with E-state index in [1.807, 2.05) is 26.4 Å². The van der Waals surface area contributed by atoms with Crippen molar-refractivity contribution in [1.29, 1.82) is 0 Å². The van der Waals surface area contributed by atoms with E-state index in [9.17, 15) is 0 Å². The van der Waals surface area contributed by atoms with Gasteiger partial charge in [-0.15, -0.1) is 0 Å². The lowest BCUT2D eigenvalue weighted by Gasteiger charge is -2.08. The highest BCUT2D eigenvalue weighted by Gasteiger charge is 2.04. The lowest BCUT2D eigenvalue weighted by Crippen LogP contribution is -2.11. The summed E-state index contributed by atoms with van der Waals surface area (Å²) in [5.41, 5.74) is 6.89. The average Bonchev–Trinajstić information content (AvgIpc) is 2.53. The topological polar surface area (TPSA) is 43.8 Å². The summed E-state index contributed by atoms with van der Waals surface area (Å²) in [6.07, 6.45) is 8.91. The zero-order chi connectivity index (χ0) is 9.68. The standard InChI is InChI=1S/C10H17N3/c1-3-4-5-6-13-8-12-7-10(13)9(2)11/h3-4,7-9H,5-6,11H2,1-2H3/b4-3+/t9-/m1/s1. The molecule has 0 bridgehead atoms. The van der Waals surface area contributed by atoms with Gasteiger partial charge in [-0.25, -0.2) is 4.98 Å². The van der Waals surface area contributed by atoms with Crippen molar-refractivity contribution in [1.82, 2.24) is 9.55 Å². The van der Waals surface area contributed by atoms with Gasteiger partial charge in [0.1, 0.15) is 0 Å². The molecular formula is C10H17N3. The molecule has 0 aliphatic heterocycles. The van der Waals surface area contributed by atoms with E-state index in [4.69, 9.17) is 5.73 Å². The molecule has 3 heteroatoms. The minimum atomic E-state index is 0.0631. The number of aryl methyl sites for hydroxylation is 1. The Morgan fingerprint density at radius 2 is 2.46 bits per heavy atom. The summed E-state index contributed by atoms with van der Waals surface area (Å²) < 4.78 is 2.10. The summed E-state index contributed by atoms with van der Waals surface area (Å²) in [5.74, 6) is 0. The summed E-state index contributed by atoms with van der Waals surface area (Å²) in [6, 6.07) is 0.0631. The Morgan fingerprint density at radius 3 is 3.08 bits per heavy atom. The van der Waals surface area contributed by atoms with Crippen LogP contribution in [0.1, 0.15) is 32.0 Å². The smallest absolute Gasteiger partial charge is 0.0948 e. The van der Waals surface area contributed by atoms with E-state index < -0.39 is 0 Å². The molecule has 0 amide bonds. The van der Waals surface area contributed by atoms with Crippen LogP contribution in [0.4, 0.5) is 0 Å². The lowest BCUT2D eigenvalue weighted by atomic mass is 10.2. The molecule has 1 aromatic rings. The molecule has 0 saturated carbocycles. The van der Waals surface area contributed by atoms with Crippen molar-refractivity contribution in [2.24, 2.45) is 5.73 Å². The normalized spacial score (nSPS) is 13.8. The Hall–Kier alpha value is -1.09. The van der Waals surface area contributed by atoms with Gasteiger partial charge in [0.25, 0.3) is 0 Å². The Kier molecular flexibility index (Phi) is 3.71. The fourth-order valence-corrected chi connectivity index (χ4v) is 1.28. The average molecular weight is 179 g/mol. The highest BCUT2D eigenvalue weighted by atomic mass is 15.1. The van der Waals surface area contributed by atoms with Gasteiger partial charge in [0.15, 0.2) is 0 Å². The first-order valence-corrected chi connectivity index (χ1v) is 4.62. The van der Waals surface area contributed by atoms with Gasteiger partial charge < -0.3 is 10.3 Å². The number of nitrogens with zero attached hydrogens (tertiary/aromatic N) is 2. The van der Waals surface area contributed by atoms with Gasteiger partial charge in [0.05, 0.1) is 12.0 Å². The third-order valence-corrected chi connectivity index (χ3v) is 1.98. The van der Waals surface area contributed by atoms with Crippen molar-refractivity contribution in [3.05, 3.63) is 30.4 Å². The monoisotopic (exact) mass is 179 g/mol. The van der Waals surface area contributed by atoms with Gasteiger partial charge in [0.2, 0.25) is 0 Å². The van der Waals surface area contributed by atoms with Gasteiger partial charge in [-0.1, -0.05) is 12.2 Å². The number of imidazole rings is 1. The predicted octanol–water partition coefficient (Wildman–Crippen LogP) is 1.87. The Labute approximate surface area is 79.3 Å². The van der Waals surface area contributed by atoms with Crippen molar-refractivity contribution in [2.75, 3.05) is 0 Å². The molecule has 3 nitrogen and oxygen atoms in total. The largest absolute Gasteiger partial charge is 0.333 e. The minimum absolute atomic E-state index is 0.0631. The first kappa shape index (κ1) is 9.99. The SMILES string of the molecule is C/C=C/CCn1cncc1[C@@H](C)N. The van der Waals surface area contributed by atoms with Crippen LogP contribution in [0.25, 0.3) is 0 Å². The molecule has 72 valence electrons.